The normalized spacial score (nSPS) is 14.3. The lowest BCUT2D eigenvalue weighted by atomic mass is 10.1. The Bertz CT molecular complexity index is 1690. The number of ether oxygens (including phenoxy) is 3. The van der Waals surface area contributed by atoms with E-state index in [0.717, 1.165) is 54.9 Å². The highest BCUT2D eigenvalue weighted by molar-refractivity contribution is 7.90. The van der Waals surface area contributed by atoms with Gasteiger partial charge in [0, 0.05) is 55.8 Å². The molecule has 1 aliphatic rings. The van der Waals surface area contributed by atoms with E-state index in [1.807, 2.05) is 43.3 Å². The van der Waals surface area contributed by atoms with Crippen molar-refractivity contribution in [2.75, 3.05) is 51.2 Å². The predicted octanol–water partition coefficient (Wildman–Crippen LogP) is 5.71. The summed E-state index contributed by atoms with van der Waals surface area (Å²) >= 11 is 0. The number of likely N-dealkylation sites (tertiary alicyclic amines) is 1. The molecule has 240 valence electrons. The fourth-order valence-corrected chi connectivity index (χ4v) is 5.85. The molecule has 0 aliphatic carbocycles. The van der Waals surface area contributed by atoms with E-state index in [1.54, 1.807) is 26.5 Å². The number of piperidine rings is 1. The second kappa shape index (κ2) is 14.3. The molecule has 1 saturated heterocycles. The average Bonchev–Trinajstić information content (AvgIpc) is 3.46. The highest BCUT2D eigenvalue weighted by atomic mass is 32.2. The monoisotopic (exact) mass is 635 g/mol. The van der Waals surface area contributed by atoms with Gasteiger partial charge < -0.3 is 28.8 Å². The maximum absolute atomic E-state index is 11.5. The Kier molecular flexibility index (Phi) is 10.2. The molecule has 1 fully saturated rings. The van der Waals surface area contributed by atoms with Crippen molar-refractivity contribution in [3.05, 3.63) is 60.1 Å². The lowest BCUT2D eigenvalue weighted by Gasteiger charge is -2.32. The van der Waals surface area contributed by atoms with Gasteiger partial charge in [0.15, 0.2) is 11.7 Å². The number of hydrogen-bond donors (Lipinski definition) is 1. The maximum Gasteiger partial charge on any atom is 0.227 e. The van der Waals surface area contributed by atoms with Crippen molar-refractivity contribution in [2.24, 2.45) is 0 Å². The van der Waals surface area contributed by atoms with Gasteiger partial charge in [-0.25, -0.2) is 23.4 Å². The number of rotatable bonds is 13. The van der Waals surface area contributed by atoms with Gasteiger partial charge in [0.25, 0.3) is 0 Å². The summed E-state index contributed by atoms with van der Waals surface area (Å²) in [6.45, 7) is 6.31. The number of nitrogens with zero attached hydrogens (tertiary/aromatic N) is 4. The topological polar surface area (TPSA) is 129 Å². The van der Waals surface area contributed by atoms with E-state index in [9.17, 15) is 8.42 Å². The first kappa shape index (κ1) is 32.2. The minimum atomic E-state index is -2.96. The molecule has 1 N–H and O–H groups in total. The van der Waals surface area contributed by atoms with E-state index >= 15 is 0 Å². The Labute approximate surface area is 264 Å². The number of hydrogen-bond acceptors (Lipinski definition) is 11. The van der Waals surface area contributed by atoms with E-state index in [-0.39, 0.29) is 11.9 Å². The van der Waals surface area contributed by atoms with Crippen molar-refractivity contribution in [2.45, 2.75) is 45.6 Å². The molecule has 0 atom stereocenters. The third-order valence-electron chi connectivity index (χ3n) is 7.69. The molecular formula is C33H41N5O6S. The van der Waals surface area contributed by atoms with Gasteiger partial charge in [-0.05, 0) is 68.1 Å². The van der Waals surface area contributed by atoms with Crippen molar-refractivity contribution in [3.8, 4) is 40.0 Å². The van der Waals surface area contributed by atoms with Crippen LogP contribution < -0.4 is 19.5 Å². The van der Waals surface area contributed by atoms with E-state index in [0.29, 0.717) is 53.5 Å². The van der Waals surface area contributed by atoms with Crippen LogP contribution in [0.1, 0.15) is 37.6 Å². The molecule has 2 aromatic carbocycles. The molecule has 0 bridgehead atoms. The Morgan fingerprint density at radius 1 is 1.02 bits per heavy atom. The van der Waals surface area contributed by atoms with Crippen LogP contribution in [0.2, 0.25) is 0 Å². The summed E-state index contributed by atoms with van der Waals surface area (Å²) in [5.74, 6) is 3.91. The lowest BCUT2D eigenvalue weighted by Crippen LogP contribution is -2.40. The van der Waals surface area contributed by atoms with Gasteiger partial charge in [0.05, 0.1) is 20.0 Å². The number of nitrogens with one attached hydrogen (secondary N) is 1. The summed E-state index contributed by atoms with van der Waals surface area (Å²) in [7, 11) is 0.270. The van der Waals surface area contributed by atoms with Crippen LogP contribution in [-0.4, -0.2) is 80.2 Å². The first-order valence-corrected chi connectivity index (χ1v) is 17.2. The predicted molar refractivity (Wildman–Crippen MR) is 174 cm³/mol. The van der Waals surface area contributed by atoms with Crippen LogP contribution in [0.3, 0.4) is 0 Å². The molecule has 11 nitrogen and oxygen atoms in total. The fourth-order valence-electron chi connectivity index (χ4n) is 5.26. The lowest BCUT2D eigenvalue weighted by molar-refractivity contribution is 0.103. The SMILES string of the molecule is CCCc1nc(-c2cc(OC)cc(OC)c2)c(-c2ccnc(Nc3ccc(OC4CCN(CCS(C)(=O)=O)CC4)c(C)c3)n2)o1. The van der Waals surface area contributed by atoms with Crippen LogP contribution in [-0.2, 0) is 16.3 Å². The van der Waals surface area contributed by atoms with Crippen LogP contribution >= 0.6 is 0 Å². The fraction of sp³-hybridized carbons (Fsp3) is 0.424. The number of benzene rings is 2. The molecule has 0 saturated carbocycles. The molecule has 45 heavy (non-hydrogen) atoms. The van der Waals surface area contributed by atoms with Crippen LogP contribution in [0, 0.1) is 6.92 Å². The molecule has 2 aromatic heterocycles. The van der Waals surface area contributed by atoms with Crippen molar-refractivity contribution < 1.29 is 27.0 Å². The third kappa shape index (κ3) is 8.52. The number of anilines is 2. The summed E-state index contributed by atoms with van der Waals surface area (Å²) in [5.41, 5.74) is 3.86. The smallest absolute Gasteiger partial charge is 0.227 e. The molecular weight excluding hydrogens is 594 g/mol. The Balaban J connectivity index is 1.30. The molecule has 0 radical (unpaired) electrons. The molecule has 4 aromatic rings. The van der Waals surface area contributed by atoms with E-state index < -0.39 is 9.84 Å². The van der Waals surface area contributed by atoms with Crippen molar-refractivity contribution in [1.82, 2.24) is 19.9 Å². The first-order chi connectivity index (χ1) is 21.6. The average molecular weight is 636 g/mol. The van der Waals surface area contributed by atoms with Crippen LogP contribution in [0.5, 0.6) is 17.2 Å². The molecule has 3 heterocycles. The minimum Gasteiger partial charge on any atom is -0.497 e. The van der Waals surface area contributed by atoms with E-state index in [4.69, 9.17) is 28.6 Å². The summed E-state index contributed by atoms with van der Waals surface area (Å²) in [6.07, 6.45) is 6.36. The zero-order chi connectivity index (χ0) is 32.0. The summed E-state index contributed by atoms with van der Waals surface area (Å²) in [5, 5.41) is 3.31. The van der Waals surface area contributed by atoms with Gasteiger partial charge in [-0.3, -0.25) is 0 Å². The molecule has 0 amide bonds. The Morgan fingerprint density at radius 2 is 1.76 bits per heavy atom. The van der Waals surface area contributed by atoms with Gasteiger partial charge in [0.2, 0.25) is 5.95 Å². The molecule has 5 rings (SSSR count). The summed E-state index contributed by atoms with van der Waals surface area (Å²) in [6, 6.07) is 13.3. The quantitative estimate of drug-likeness (QED) is 0.194. The van der Waals surface area contributed by atoms with Crippen molar-refractivity contribution in [3.63, 3.8) is 0 Å². The van der Waals surface area contributed by atoms with Crippen molar-refractivity contribution >= 4 is 21.5 Å². The van der Waals surface area contributed by atoms with Crippen LogP contribution in [0.4, 0.5) is 11.6 Å². The summed E-state index contributed by atoms with van der Waals surface area (Å²) in [4.78, 5) is 16.2. The number of aromatic nitrogens is 3. The zero-order valence-electron chi connectivity index (χ0n) is 26.5. The maximum atomic E-state index is 11.5. The highest BCUT2D eigenvalue weighted by Crippen LogP contribution is 2.36. The van der Waals surface area contributed by atoms with Gasteiger partial charge in [0.1, 0.15) is 44.6 Å². The zero-order valence-corrected chi connectivity index (χ0v) is 27.3. The van der Waals surface area contributed by atoms with Gasteiger partial charge in [-0.15, -0.1) is 0 Å². The van der Waals surface area contributed by atoms with E-state index in [2.05, 4.69) is 22.1 Å². The first-order valence-electron chi connectivity index (χ1n) is 15.1. The van der Waals surface area contributed by atoms with E-state index in [1.165, 1.54) is 6.26 Å². The minimum absolute atomic E-state index is 0.0928. The number of oxazole rings is 1. The Hall–Kier alpha value is -4.16. The number of methoxy groups -OCH3 is 2. The molecule has 1 aliphatic heterocycles. The standard InChI is InChI=1S/C33H41N5O6S/c1-6-7-30-37-31(23-19-26(41-3)21-27(20-23)42-4)32(44-30)28-10-13-34-33(36-28)35-24-8-9-29(22(2)18-24)43-25-11-14-38(15-12-25)16-17-45(5,39)40/h8-10,13,18-21,25H,6-7,11-12,14-17H2,1-5H3,(H,34,35,36). The second-order valence-electron chi connectivity index (χ2n) is 11.3. The highest BCUT2D eigenvalue weighted by Gasteiger charge is 2.23. The number of sulfone groups is 1. The third-order valence-corrected chi connectivity index (χ3v) is 8.61. The van der Waals surface area contributed by atoms with Crippen LogP contribution in [0.15, 0.2) is 53.1 Å². The Morgan fingerprint density at radius 3 is 2.40 bits per heavy atom. The van der Waals surface area contributed by atoms with Crippen molar-refractivity contribution in [1.29, 1.82) is 0 Å². The summed E-state index contributed by atoms with van der Waals surface area (Å²) < 4.78 is 46.5. The van der Waals surface area contributed by atoms with Gasteiger partial charge >= 0.3 is 0 Å². The van der Waals surface area contributed by atoms with Gasteiger partial charge in [-0.1, -0.05) is 6.92 Å². The molecule has 12 heteroatoms. The van der Waals surface area contributed by atoms with Gasteiger partial charge in [-0.2, -0.15) is 0 Å². The molecule has 0 spiro atoms. The largest absolute Gasteiger partial charge is 0.497 e. The second-order valence-corrected chi connectivity index (χ2v) is 13.6. The number of aryl methyl sites for hydroxylation is 2. The molecule has 0 unspecified atom stereocenters. The van der Waals surface area contributed by atoms with Crippen LogP contribution in [0.25, 0.3) is 22.7 Å².